The molecule has 0 amide bonds. The van der Waals surface area contributed by atoms with Gasteiger partial charge in [-0.2, -0.15) is 0 Å². The van der Waals surface area contributed by atoms with Crippen molar-refractivity contribution in [2.45, 2.75) is 39.2 Å². The highest BCUT2D eigenvalue weighted by atomic mass is 16.5. The van der Waals surface area contributed by atoms with Crippen LogP contribution in [0.4, 0.5) is 0 Å². The standard InChI is InChI=1S/C14H20O3.C2H6/c1-4-6-11(5-2)10-17-13-8-7-12(9-13)14(15)16-3;1-2/h4-6,12-13H,1-2,7-10H2,3H3;1-2H3/b11-6+;/t12-,13+;/m1./s1. The molecule has 0 aromatic carbocycles. The second-order valence-corrected chi connectivity index (χ2v) is 4.15. The number of ether oxygens (including phenoxy) is 2. The van der Waals surface area contributed by atoms with Crippen molar-refractivity contribution in [1.82, 2.24) is 0 Å². The molecule has 3 heteroatoms. The first-order chi connectivity index (χ1) is 9.21. The number of rotatable bonds is 6. The van der Waals surface area contributed by atoms with E-state index in [0.29, 0.717) is 6.61 Å². The Kier molecular flexibility index (Phi) is 9.81. The second-order valence-electron chi connectivity index (χ2n) is 4.15. The van der Waals surface area contributed by atoms with Gasteiger partial charge in [-0.1, -0.05) is 45.2 Å². The van der Waals surface area contributed by atoms with Crippen molar-refractivity contribution in [1.29, 1.82) is 0 Å². The van der Waals surface area contributed by atoms with Gasteiger partial charge >= 0.3 is 5.97 Å². The number of hydrogen-bond acceptors (Lipinski definition) is 3. The van der Waals surface area contributed by atoms with Gasteiger partial charge in [-0.05, 0) is 24.8 Å². The number of allylic oxidation sites excluding steroid dienone is 2. The molecule has 0 aromatic rings. The molecule has 19 heavy (non-hydrogen) atoms. The van der Waals surface area contributed by atoms with E-state index in [0.717, 1.165) is 24.8 Å². The first-order valence-electron chi connectivity index (χ1n) is 6.84. The topological polar surface area (TPSA) is 35.5 Å². The molecule has 0 aromatic heterocycles. The largest absolute Gasteiger partial charge is 0.469 e. The van der Waals surface area contributed by atoms with Crippen molar-refractivity contribution < 1.29 is 14.3 Å². The van der Waals surface area contributed by atoms with Crippen LogP contribution >= 0.6 is 0 Å². The van der Waals surface area contributed by atoms with E-state index < -0.39 is 0 Å². The predicted octanol–water partition coefficient (Wildman–Crippen LogP) is 3.67. The summed E-state index contributed by atoms with van der Waals surface area (Å²) in [6.07, 6.45) is 8.02. The summed E-state index contributed by atoms with van der Waals surface area (Å²) in [5.74, 6) is -0.123. The number of carbonyl (C=O) groups is 1. The van der Waals surface area contributed by atoms with E-state index in [9.17, 15) is 4.79 Å². The number of hydrogen-bond donors (Lipinski definition) is 0. The third kappa shape index (κ3) is 6.39. The molecular weight excluding hydrogens is 240 g/mol. The highest BCUT2D eigenvalue weighted by Crippen LogP contribution is 2.29. The highest BCUT2D eigenvalue weighted by molar-refractivity contribution is 5.72. The van der Waals surface area contributed by atoms with E-state index in [1.165, 1.54) is 7.11 Å². The van der Waals surface area contributed by atoms with Crippen LogP contribution in [0.25, 0.3) is 0 Å². The summed E-state index contributed by atoms with van der Waals surface area (Å²) < 4.78 is 10.5. The van der Waals surface area contributed by atoms with Crippen LogP contribution in [-0.2, 0) is 14.3 Å². The first-order valence-corrected chi connectivity index (χ1v) is 6.84. The molecule has 0 spiro atoms. The van der Waals surface area contributed by atoms with Gasteiger partial charge in [0.15, 0.2) is 0 Å². The van der Waals surface area contributed by atoms with E-state index in [-0.39, 0.29) is 18.0 Å². The third-order valence-electron chi connectivity index (χ3n) is 3.00. The van der Waals surface area contributed by atoms with Gasteiger partial charge in [0, 0.05) is 0 Å². The smallest absolute Gasteiger partial charge is 0.308 e. The van der Waals surface area contributed by atoms with E-state index in [4.69, 9.17) is 9.47 Å². The van der Waals surface area contributed by atoms with Gasteiger partial charge in [-0.3, -0.25) is 4.79 Å². The molecule has 0 N–H and O–H groups in total. The Bertz CT molecular complexity index is 318. The molecular formula is C16H26O3. The molecule has 1 saturated carbocycles. The molecule has 0 saturated heterocycles. The Labute approximate surface area is 117 Å². The number of esters is 1. The average Bonchev–Trinajstić information content (AvgIpc) is 2.93. The quantitative estimate of drug-likeness (QED) is 0.543. The van der Waals surface area contributed by atoms with Crippen LogP contribution in [0.1, 0.15) is 33.1 Å². The van der Waals surface area contributed by atoms with E-state index >= 15 is 0 Å². The maximum atomic E-state index is 11.3. The SMILES string of the molecule is C=C/C=C(\C=C)CO[C@H]1CC[C@@H](C(=O)OC)C1.CC. The maximum Gasteiger partial charge on any atom is 0.308 e. The molecule has 0 heterocycles. The molecule has 0 aliphatic heterocycles. The zero-order valence-electron chi connectivity index (χ0n) is 12.4. The lowest BCUT2D eigenvalue weighted by Crippen LogP contribution is -2.16. The maximum absolute atomic E-state index is 11.3. The van der Waals surface area contributed by atoms with Gasteiger partial charge < -0.3 is 9.47 Å². The minimum absolute atomic E-state index is 0.000523. The zero-order chi connectivity index (χ0) is 14.7. The second kappa shape index (κ2) is 10.6. The highest BCUT2D eigenvalue weighted by Gasteiger charge is 2.31. The lowest BCUT2D eigenvalue weighted by molar-refractivity contribution is -0.145. The Morgan fingerprint density at radius 1 is 1.32 bits per heavy atom. The van der Waals surface area contributed by atoms with Crippen LogP contribution in [0.15, 0.2) is 37.0 Å². The monoisotopic (exact) mass is 266 g/mol. The molecule has 108 valence electrons. The van der Waals surface area contributed by atoms with Crippen LogP contribution in [0.3, 0.4) is 0 Å². The Morgan fingerprint density at radius 2 is 2.00 bits per heavy atom. The average molecular weight is 266 g/mol. The van der Waals surface area contributed by atoms with Gasteiger partial charge in [-0.25, -0.2) is 0 Å². The number of methoxy groups -OCH3 is 1. The van der Waals surface area contributed by atoms with Gasteiger partial charge in [0.1, 0.15) is 0 Å². The molecule has 1 aliphatic carbocycles. The fourth-order valence-electron chi connectivity index (χ4n) is 2.01. The normalized spacial score (nSPS) is 22.2. The predicted molar refractivity (Wildman–Crippen MR) is 78.9 cm³/mol. The van der Waals surface area contributed by atoms with Crippen molar-refractivity contribution in [2.75, 3.05) is 13.7 Å². The van der Waals surface area contributed by atoms with Crippen molar-refractivity contribution in [3.63, 3.8) is 0 Å². The lowest BCUT2D eigenvalue weighted by atomic mass is 10.1. The minimum Gasteiger partial charge on any atom is -0.469 e. The van der Waals surface area contributed by atoms with Gasteiger partial charge in [-0.15, -0.1) is 0 Å². The summed E-state index contributed by atoms with van der Waals surface area (Å²) in [7, 11) is 1.43. The first kappa shape index (κ1) is 17.6. The Balaban J connectivity index is 0.00000154. The molecule has 2 atom stereocenters. The van der Waals surface area contributed by atoms with Crippen LogP contribution in [0.5, 0.6) is 0 Å². The van der Waals surface area contributed by atoms with Gasteiger partial charge in [0.05, 0.1) is 25.7 Å². The van der Waals surface area contributed by atoms with E-state index in [2.05, 4.69) is 13.2 Å². The fraction of sp³-hybridized carbons (Fsp3) is 0.562. The molecule has 3 nitrogen and oxygen atoms in total. The molecule has 1 fully saturated rings. The number of carbonyl (C=O) groups excluding carboxylic acids is 1. The lowest BCUT2D eigenvalue weighted by Gasteiger charge is -2.12. The van der Waals surface area contributed by atoms with Crippen molar-refractivity contribution in [3.8, 4) is 0 Å². The summed E-state index contributed by atoms with van der Waals surface area (Å²) in [4.78, 5) is 11.3. The van der Waals surface area contributed by atoms with Gasteiger partial charge in [0.2, 0.25) is 0 Å². The van der Waals surface area contributed by atoms with E-state index in [1.807, 2.05) is 19.9 Å². The van der Waals surface area contributed by atoms with Crippen molar-refractivity contribution >= 4 is 5.97 Å². The Morgan fingerprint density at radius 3 is 2.53 bits per heavy atom. The summed E-state index contributed by atoms with van der Waals surface area (Å²) in [5.41, 5.74) is 1.00. The molecule has 0 unspecified atom stereocenters. The molecule has 1 aliphatic rings. The van der Waals surface area contributed by atoms with Crippen molar-refractivity contribution in [3.05, 3.63) is 37.0 Å². The Hall–Kier alpha value is -1.35. The van der Waals surface area contributed by atoms with Crippen LogP contribution in [0.2, 0.25) is 0 Å². The minimum atomic E-state index is -0.123. The fourth-order valence-corrected chi connectivity index (χ4v) is 2.01. The van der Waals surface area contributed by atoms with Crippen molar-refractivity contribution in [2.24, 2.45) is 5.92 Å². The zero-order valence-corrected chi connectivity index (χ0v) is 12.4. The third-order valence-corrected chi connectivity index (χ3v) is 3.00. The summed E-state index contributed by atoms with van der Waals surface area (Å²) in [5, 5.41) is 0. The van der Waals surface area contributed by atoms with Gasteiger partial charge in [0.25, 0.3) is 0 Å². The molecule has 0 radical (unpaired) electrons. The van der Waals surface area contributed by atoms with Crippen LogP contribution < -0.4 is 0 Å². The summed E-state index contributed by atoms with van der Waals surface area (Å²) in [6, 6.07) is 0. The van der Waals surface area contributed by atoms with E-state index in [1.54, 1.807) is 12.2 Å². The molecule has 0 bridgehead atoms. The molecule has 1 rings (SSSR count). The van der Waals surface area contributed by atoms with Crippen LogP contribution in [0, 0.1) is 5.92 Å². The van der Waals surface area contributed by atoms with Crippen LogP contribution in [-0.4, -0.2) is 25.8 Å². The summed E-state index contributed by atoms with van der Waals surface area (Å²) >= 11 is 0. The summed E-state index contributed by atoms with van der Waals surface area (Å²) in [6.45, 7) is 11.9.